The van der Waals surface area contributed by atoms with Crippen LogP contribution in [0.3, 0.4) is 0 Å². The first kappa shape index (κ1) is 27.4. The average Bonchev–Trinajstić information content (AvgIpc) is 3.14. The summed E-state index contributed by atoms with van der Waals surface area (Å²) in [7, 11) is 0. The topological polar surface area (TPSA) is 127 Å². The zero-order valence-electron chi connectivity index (χ0n) is 18.8. The summed E-state index contributed by atoms with van der Waals surface area (Å²) in [6.45, 7) is 1.98. The Morgan fingerprint density at radius 2 is 1.83 bits per heavy atom. The van der Waals surface area contributed by atoms with E-state index in [0.717, 1.165) is 30.4 Å². The van der Waals surface area contributed by atoms with Crippen LogP contribution in [-0.2, 0) is 14.3 Å². The molecule has 3 heterocycles. The number of cyclic esters (lactones) is 1. The molecule has 1 atom stereocenters. The SMILES string of the molecule is O=C(NCC1CC2(CCNCC2)C(=O)O1)c1ccc(Oc2ccc(Br)cn2)cc1.O=C(O)C(F)(F)F. The third-order valence-electron chi connectivity index (χ3n) is 5.66. The number of carboxylic acid groups (broad SMARTS) is 1. The fraction of sp³-hybridized carbons (Fsp3) is 0.391. The normalized spacial score (nSPS) is 18.6. The van der Waals surface area contributed by atoms with Gasteiger partial charge >= 0.3 is 18.1 Å². The van der Waals surface area contributed by atoms with E-state index in [0.29, 0.717) is 30.2 Å². The van der Waals surface area contributed by atoms with E-state index in [1.54, 1.807) is 36.5 Å². The number of carboxylic acids is 1. The Balaban J connectivity index is 0.000000454. The van der Waals surface area contributed by atoms with Crippen LogP contribution in [0.25, 0.3) is 0 Å². The fourth-order valence-electron chi connectivity index (χ4n) is 3.79. The van der Waals surface area contributed by atoms with Gasteiger partial charge in [-0.05, 0) is 72.2 Å². The number of aromatic nitrogens is 1. The van der Waals surface area contributed by atoms with Gasteiger partial charge in [-0.1, -0.05) is 0 Å². The number of piperidine rings is 1. The molecule has 1 unspecified atom stereocenters. The van der Waals surface area contributed by atoms with Gasteiger partial charge in [0, 0.05) is 28.7 Å². The molecule has 0 bridgehead atoms. The number of carbonyl (C=O) groups is 3. The van der Waals surface area contributed by atoms with Gasteiger partial charge in [0.25, 0.3) is 5.91 Å². The van der Waals surface area contributed by atoms with E-state index < -0.39 is 12.1 Å². The number of benzene rings is 1. The molecule has 2 fully saturated rings. The summed E-state index contributed by atoms with van der Waals surface area (Å²) in [5.74, 6) is -2.02. The highest BCUT2D eigenvalue weighted by atomic mass is 79.9. The van der Waals surface area contributed by atoms with E-state index in [-0.39, 0.29) is 23.4 Å². The van der Waals surface area contributed by atoms with Crippen LogP contribution in [0.2, 0.25) is 0 Å². The molecule has 0 radical (unpaired) electrons. The minimum atomic E-state index is -5.08. The maximum atomic E-state index is 12.4. The van der Waals surface area contributed by atoms with Crippen molar-refractivity contribution in [1.82, 2.24) is 15.6 Å². The number of halogens is 4. The van der Waals surface area contributed by atoms with Gasteiger partial charge in [-0.3, -0.25) is 9.59 Å². The van der Waals surface area contributed by atoms with Crippen LogP contribution in [0, 0.1) is 5.41 Å². The Kier molecular flexibility index (Phi) is 8.90. The first-order valence-electron chi connectivity index (χ1n) is 10.9. The highest BCUT2D eigenvalue weighted by molar-refractivity contribution is 9.10. The number of rotatable bonds is 5. The van der Waals surface area contributed by atoms with E-state index in [2.05, 4.69) is 31.5 Å². The van der Waals surface area contributed by atoms with Gasteiger partial charge in [0.05, 0.1) is 12.0 Å². The van der Waals surface area contributed by atoms with Gasteiger partial charge < -0.3 is 25.2 Å². The zero-order valence-corrected chi connectivity index (χ0v) is 20.4. The van der Waals surface area contributed by atoms with Crippen LogP contribution < -0.4 is 15.4 Å². The number of amides is 1. The maximum absolute atomic E-state index is 12.4. The second-order valence-corrected chi connectivity index (χ2v) is 9.13. The van der Waals surface area contributed by atoms with Crippen molar-refractivity contribution in [3.63, 3.8) is 0 Å². The van der Waals surface area contributed by atoms with Crippen molar-refractivity contribution in [2.24, 2.45) is 5.41 Å². The number of alkyl halides is 3. The van der Waals surface area contributed by atoms with Crippen molar-refractivity contribution in [1.29, 1.82) is 0 Å². The minimum absolute atomic E-state index is 0.124. The number of aliphatic carboxylic acids is 1. The summed E-state index contributed by atoms with van der Waals surface area (Å²) in [6.07, 6.45) is -1.44. The minimum Gasteiger partial charge on any atom is -0.475 e. The predicted octanol–water partition coefficient (Wildman–Crippen LogP) is 3.68. The summed E-state index contributed by atoms with van der Waals surface area (Å²) in [5.41, 5.74) is 0.141. The van der Waals surface area contributed by atoms with E-state index in [1.165, 1.54) is 0 Å². The summed E-state index contributed by atoms with van der Waals surface area (Å²) in [6, 6.07) is 10.4. The van der Waals surface area contributed by atoms with Gasteiger partial charge in [0.15, 0.2) is 0 Å². The van der Waals surface area contributed by atoms with Crippen LogP contribution in [-0.4, -0.2) is 59.9 Å². The molecule has 0 saturated carbocycles. The van der Waals surface area contributed by atoms with E-state index >= 15 is 0 Å². The summed E-state index contributed by atoms with van der Waals surface area (Å²) in [5, 5.41) is 13.3. The van der Waals surface area contributed by atoms with Crippen LogP contribution in [0.1, 0.15) is 29.6 Å². The maximum Gasteiger partial charge on any atom is 0.490 e. The highest BCUT2D eigenvalue weighted by Gasteiger charge is 2.49. The molecular weight excluding hydrogens is 551 g/mol. The lowest BCUT2D eigenvalue weighted by molar-refractivity contribution is -0.192. The Morgan fingerprint density at radius 1 is 1.19 bits per heavy atom. The second-order valence-electron chi connectivity index (χ2n) is 8.22. The molecule has 13 heteroatoms. The zero-order chi connectivity index (χ0) is 26.3. The van der Waals surface area contributed by atoms with Gasteiger partial charge in [0.2, 0.25) is 5.88 Å². The Hall–Kier alpha value is -3.19. The second kappa shape index (κ2) is 11.7. The molecule has 194 valence electrons. The standard InChI is InChI=1S/C21H22BrN3O4.C2HF3O2/c22-15-3-6-18(24-12-15)28-16-4-1-14(2-5-16)19(26)25-13-17-11-21(20(27)29-17)7-9-23-10-8-21;3-2(4,5)1(6)7/h1-6,12,17,23H,7-11,13H2,(H,25,26);(H,6,7). The Labute approximate surface area is 212 Å². The van der Waals surface area contributed by atoms with Crippen molar-refractivity contribution in [3.05, 3.63) is 52.6 Å². The number of ether oxygens (including phenoxy) is 2. The molecule has 1 amide bonds. The molecule has 3 N–H and O–H groups in total. The summed E-state index contributed by atoms with van der Waals surface area (Å²) < 4.78 is 43.8. The number of hydrogen-bond acceptors (Lipinski definition) is 7. The lowest BCUT2D eigenvalue weighted by atomic mass is 9.76. The van der Waals surface area contributed by atoms with Gasteiger partial charge in [-0.25, -0.2) is 9.78 Å². The van der Waals surface area contributed by atoms with E-state index in [9.17, 15) is 22.8 Å². The van der Waals surface area contributed by atoms with Crippen LogP contribution in [0.4, 0.5) is 13.2 Å². The van der Waals surface area contributed by atoms with Crippen molar-refractivity contribution >= 4 is 33.8 Å². The highest BCUT2D eigenvalue weighted by Crippen LogP contribution is 2.41. The van der Waals surface area contributed by atoms with E-state index in [4.69, 9.17) is 19.4 Å². The Morgan fingerprint density at radius 3 is 2.39 bits per heavy atom. The van der Waals surface area contributed by atoms with Crippen molar-refractivity contribution in [2.45, 2.75) is 31.5 Å². The largest absolute Gasteiger partial charge is 0.490 e. The molecule has 2 saturated heterocycles. The molecule has 2 aromatic rings. The smallest absolute Gasteiger partial charge is 0.475 e. The number of pyridine rings is 1. The first-order chi connectivity index (χ1) is 17.0. The number of carbonyl (C=O) groups excluding carboxylic acids is 2. The predicted molar refractivity (Wildman–Crippen MR) is 124 cm³/mol. The van der Waals surface area contributed by atoms with Crippen molar-refractivity contribution in [2.75, 3.05) is 19.6 Å². The molecule has 1 aromatic heterocycles. The molecular formula is C23H23BrF3N3O6. The molecule has 1 aromatic carbocycles. The van der Waals surface area contributed by atoms with Crippen LogP contribution >= 0.6 is 15.9 Å². The summed E-state index contributed by atoms with van der Waals surface area (Å²) in [4.78, 5) is 37.8. The average molecular weight is 574 g/mol. The summed E-state index contributed by atoms with van der Waals surface area (Å²) >= 11 is 3.33. The van der Waals surface area contributed by atoms with Crippen LogP contribution in [0.15, 0.2) is 47.1 Å². The number of hydrogen-bond donors (Lipinski definition) is 3. The van der Waals surface area contributed by atoms with Crippen LogP contribution in [0.5, 0.6) is 11.6 Å². The lowest BCUT2D eigenvalue weighted by Gasteiger charge is -2.29. The van der Waals surface area contributed by atoms with Crippen molar-refractivity contribution in [3.8, 4) is 11.6 Å². The molecule has 36 heavy (non-hydrogen) atoms. The fourth-order valence-corrected chi connectivity index (χ4v) is 4.03. The van der Waals surface area contributed by atoms with Gasteiger partial charge in [0.1, 0.15) is 11.9 Å². The molecule has 1 spiro atoms. The molecule has 0 aliphatic carbocycles. The van der Waals surface area contributed by atoms with E-state index in [1.807, 2.05) is 6.07 Å². The lowest BCUT2D eigenvalue weighted by Crippen LogP contribution is -2.39. The third kappa shape index (κ3) is 7.40. The van der Waals surface area contributed by atoms with Gasteiger partial charge in [-0.2, -0.15) is 13.2 Å². The quantitative estimate of drug-likeness (QED) is 0.462. The number of esters is 1. The molecule has 2 aliphatic heterocycles. The van der Waals surface area contributed by atoms with Gasteiger partial charge in [-0.15, -0.1) is 0 Å². The first-order valence-corrected chi connectivity index (χ1v) is 11.7. The molecule has 4 rings (SSSR count). The third-order valence-corrected chi connectivity index (χ3v) is 6.13. The number of nitrogens with zero attached hydrogens (tertiary/aromatic N) is 1. The molecule has 9 nitrogen and oxygen atoms in total. The monoisotopic (exact) mass is 573 g/mol. The van der Waals surface area contributed by atoms with Crippen molar-refractivity contribution < 1.29 is 42.1 Å². The Bertz CT molecular complexity index is 1070. The number of nitrogens with one attached hydrogen (secondary N) is 2. The molecule has 2 aliphatic rings.